The molecule has 158 valence electrons. The van der Waals surface area contributed by atoms with Crippen molar-refractivity contribution in [1.29, 1.82) is 0 Å². The number of amides is 3. The predicted molar refractivity (Wildman–Crippen MR) is 119 cm³/mol. The second kappa shape index (κ2) is 6.50. The van der Waals surface area contributed by atoms with E-state index in [4.69, 9.17) is 0 Å². The predicted octanol–water partition coefficient (Wildman–Crippen LogP) is 3.44. The van der Waals surface area contributed by atoms with Gasteiger partial charge in [0.05, 0.1) is 17.5 Å². The van der Waals surface area contributed by atoms with Crippen molar-refractivity contribution < 1.29 is 14.4 Å². The maximum absolute atomic E-state index is 13.9. The van der Waals surface area contributed by atoms with E-state index in [2.05, 4.69) is 39.1 Å². The number of carbonyl (C=O) groups is 3. The Bertz CT molecular complexity index is 1150. The van der Waals surface area contributed by atoms with E-state index in [0.29, 0.717) is 5.69 Å². The van der Waals surface area contributed by atoms with Gasteiger partial charge in [-0.3, -0.25) is 19.3 Å². The minimum absolute atomic E-state index is 0.0936. The van der Waals surface area contributed by atoms with E-state index in [1.54, 1.807) is 12.1 Å². The van der Waals surface area contributed by atoms with Gasteiger partial charge in [-0.1, -0.05) is 35.0 Å². The molecular formula is C24H22BrN3O3. The van der Waals surface area contributed by atoms with Crippen molar-refractivity contribution in [2.24, 2.45) is 11.8 Å². The average molecular weight is 480 g/mol. The number of benzene rings is 2. The highest BCUT2D eigenvalue weighted by Gasteiger charge is 2.74. The molecule has 1 spiro atoms. The van der Waals surface area contributed by atoms with Gasteiger partial charge in [0.15, 0.2) is 0 Å². The topological polar surface area (TPSA) is 69.7 Å². The van der Waals surface area contributed by atoms with Crippen molar-refractivity contribution in [2.75, 3.05) is 16.8 Å². The summed E-state index contributed by atoms with van der Waals surface area (Å²) < 4.78 is 0.880. The smallest absolute Gasteiger partial charge is 0.250 e. The maximum atomic E-state index is 13.9. The third-order valence-electron chi connectivity index (χ3n) is 7.55. The molecule has 0 aromatic heterocycles. The van der Waals surface area contributed by atoms with Crippen LogP contribution in [0, 0.1) is 11.8 Å². The van der Waals surface area contributed by atoms with Gasteiger partial charge in [0.2, 0.25) is 17.7 Å². The Morgan fingerprint density at radius 3 is 2.61 bits per heavy atom. The standard InChI is InChI=1S/C24H22BrN3O3/c1-2-13-5-10-17-16(12-13)24(23(31)26-17)20-19(18-4-3-11-27(18)24)21(29)28(22(20)30)15-8-6-14(25)7-9-15/h5-10,12,18-20H,2-4,11H2,1H3,(H,26,31)/t18-,19+,20+,24-/m1/s1. The van der Waals surface area contributed by atoms with Gasteiger partial charge in [0, 0.05) is 21.8 Å². The van der Waals surface area contributed by atoms with E-state index >= 15 is 0 Å². The molecule has 4 heterocycles. The Morgan fingerprint density at radius 2 is 1.87 bits per heavy atom. The van der Waals surface area contributed by atoms with Gasteiger partial charge < -0.3 is 5.32 Å². The van der Waals surface area contributed by atoms with Gasteiger partial charge in [-0.15, -0.1) is 0 Å². The van der Waals surface area contributed by atoms with Crippen molar-refractivity contribution in [3.8, 4) is 0 Å². The number of nitrogens with one attached hydrogen (secondary N) is 1. The molecule has 4 aliphatic heterocycles. The van der Waals surface area contributed by atoms with Crippen LogP contribution in [-0.2, 0) is 26.3 Å². The quantitative estimate of drug-likeness (QED) is 0.669. The molecule has 0 radical (unpaired) electrons. The van der Waals surface area contributed by atoms with Crippen molar-refractivity contribution in [2.45, 2.75) is 37.8 Å². The molecule has 4 aliphatic rings. The first-order valence-corrected chi connectivity index (χ1v) is 11.6. The number of nitrogens with zero attached hydrogens (tertiary/aromatic N) is 2. The lowest BCUT2D eigenvalue weighted by Crippen LogP contribution is -2.54. The van der Waals surface area contributed by atoms with Crippen LogP contribution in [0.4, 0.5) is 11.4 Å². The highest BCUT2D eigenvalue weighted by Crippen LogP contribution is 2.60. The largest absolute Gasteiger partial charge is 0.324 e. The number of anilines is 2. The fourth-order valence-electron chi connectivity index (χ4n) is 6.31. The lowest BCUT2D eigenvalue weighted by Gasteiger charge is -2.36. The van der Waals surface area contributed by atoms with Crippen molar-refractivity contribution in [3.63, 3.8) is 0 Å². The van der Waals surface area contributed by atoms with Crippen LogP contribution in [0.5, 0.6) is 0 Å². The number of imide groups is 1. The molecule has 3 saturated heterocycles. The molecule has 4 atom stereocenters. The third kappa shape index (κ3) is 2.28. The first-order chi connectivity index (χ1) is 15.0. The molecule has 31 heavy (non-hydrogen) atoms. The van der Waals surface area contributed by atoms with Crippen LogP contribution in [0.1, 0.15) is 30.9 Å². The van der Waals surface area contributed by atoms with E-state index in [1.807, 2.05) is 24.3 Å². The van der Waals surface area contributed by atoms with Crippen LogP contribution >= 0.6 is 15.9 Å². The molecule has 7 heteroatoms. The number of halogens is 1. The lowest BCUT2D eigenvalue weighted by atomic mass is 9.75. The zero-order valence-corrected chi connectivity index (χ0v) is 18.7. The van der Waals surface area contributed by atoms with Gasteiger partial charge in [0.25, 0.3) is 0 Å². The Kier molecular flexibility index (Phi) is 4.02. The summed E-state index contributed by atoms with van der Waals surface area (Å²) in [6, 6.07) is 13.1. The first kappa shape index (κ1) is 19.2. The first-order valence-electron chi connectivity index (χ1n) is 10.8. The summed E-state index contributed by atoms with van der Waals surface area (Å²) >= 11 is 3.41. The third-order valence-corrected chi connectivity index (χ3v) is 8.08. The average Bonchev–Trinajstić information content (AvgIpc) is 3.47. The van der Waals surface area contributed by atoms with E-state index < -0.39 is 17.4 Å². The molecule has 0 aliphatic carbocycles. The molecular weight excluding hydrogens is 458 g/mol. The van der Waals surface area contributed by atoms with E-state index in [0.717, 1.165) is 47.1 Å². The normalized spacial score (nSPS) is 31.4. The molecule has 1 N–H and O–H groups in total. The minimum Gasteiger partial charge on any atom is -0.324 e. The Morgan fingerprint density at radius 1 is 1.10 bits per heavy atom. The Labute approximate surface area is 188 Å². The van der Waals surface area contributed by atoms with Gasteiger partial charge in [-0.05, 0) is 61.7 Å². The number of hydrogen-bond donors (Lipinski definition) is 1. The van der Waals surface area contributed by atoms with Gasteiger partial charge >= 0.3 is 0 Å². The number of carbonyl (C=O) groups excluding carboxylic acids is 3. The van der Waals surface area contributed by atoms with Gasteiger partial charge in [-0.25, -0.2) is 4.90 Å². The van der Waals surface area contributed by atoms with Crippen LogP contribution in [0.2, 0.25) is 0 Å². The molecule has 2 aromatic rings. The summed E-state index contributed by atoms with van der Waals surface area (Å²) in [7, 11) is 0. The molecule has 6 rings (SSSR count). The summed E-state index contributed by atoms with van der Waals surface area (Å²) in [5.74, 6) is -1.83. The van der Waals surface area contributed by atoms with Crippen molar-refractivity contribution >= 4 is 45.0 Å². The zero-order chi connectivity index (χ0) is 21.5. The van der Waals surface area contributed by atoms with Crippen LogP contribution in [0.3, 0.4) is 0 Å². The Hall–Kier alpha value is -2.51. The minimum atomic E-state index is -1.11. The maximum Gasteiger partial charge on any atom is 0.250 e. The zero-order valence-electron chi connectivity index (χ0n) is 17.1. The fourth-order valence-corrected chi connectivity index (χ4v) is 6.58. The second-order valence-corrected chi connectivity index (χ2v) is 9.76. The summed E-state index contributed by atoms with van der Waals surface area (Å²) in [5.41, 5.74) is 2.19. The summed E-state index contributed by atoms with van der Waals surface area (Å²) in [4.78, 5) is 44.6. The molecule has 0 bridgehead atoms. The highest BCUT2D eigenvalue weighted by molar-refractivity contribution is 9.10. The van der Waals surface area contributed by atoms with Crippen LogP contribution in [-0.4, -0.2) is 35.2 Å². The molecule has 2 aromatic carbocycles. The van der Waals surface area contributed by atoms with E-state index in [9.17, 15) is 14.4 Å². The summed E-state index contributed by atoms with van der Waals surface area (Å²) in [5, 5.41) is 3.04. The van der Waals surface area contributed by atoms with E-state index in [1.165, 1.54) is 4.90 Å². The monoisotopic (exact) mass is 479 g/mol. The van der Waals surface area contributed by atoms with Crippen molar-refractivity contribution in [3.05, 3.63) is 58.1 Å². The summed E-state index contributed by atoms with van der Waals surface area (Å²) in [6.45, 7) is 2.80. The Balaban J connectivity index is 1.55. The molecule has 6 nitrogen and oxygen atoms in total. The second-order valence-electron chi connectivity index (χ2n) is 8.85. The number of aryl methyl sites for hydroxylation is 1. The number of hydrogen-bond acceptors (Lipinski definition) is 4. The number of rotatable bonds is 2. The molecule has 3 fully saturated rings. The summed E-state index contributed by atoms with van der Waals surface area (Å²) in [6.07, 6.45) is 2.59. The van der Waals surface area contributed by atoms with Gasteiger partial charge in [0.1, 0.15) is 5.54 Å². The SMILES string of the molecule is CCc1ccc2c(c1)[C@]1(C(=O)N2)[C@@H]2C(=O)N(c3ccc(Br)cc3)C(=O)[C@H]2[C@H]2CCCN21. The molecule has 0 unspecified atom stereocenters. The molecule has 0 saturated carbocycles. The number of fused-ring (bicyclic) bond motifs is 7. The van der Waals surface area contributed by atoms with E-state index in [-0.39, 0.29) is 23.8 Å². The highest BCUT2D eigenvalue weighted by atomic mass is 79.9. The molecule has 3 amide bonds. The fraction of sp³-hybridized carbons (Fsp3) is 0.375. The van der Waals surface area contributed by atoms with Gasteiger partial charge in [-0.2, -0.15) is 0 Å². The lowest BCUT2D eigenvalue weighted by molar-refractivity contribution is -0.135. The van der Waals surface area contributed by atoms with Crippen molar-refractivity contribution in [1.82, 2.24) is 4.90 Å². The van der Waals surface area contributed by atoms with Crippen LogP contribution in [0.25, 0.3) is 0 Å². The van der Waals surface area contributed by atoms with Crippen LogP contribution < -0.4 is 10.2 Å². The van der Waals surface area contributed by atoms with Crippen LogP contribution in [0.15, 0.2) is 46.9 Å².